The fourth-order valence-electron chi connectivity index (χ4n) is 6.74. The molecule has 4 rings (SSSR count). The predicted octanol–water partition coefficient (Wildman–Crippen LogP) is 4.41. The maximum absolute atomic E-state index is 12.5. The molecule has 0 saturated heterocycles. The van der Waals surface area contributed by atoms with Crippen LogP contribution in [0.4, 0.5) is 0 Å². The second-order valence-electron chi connectivity index (χ2n) is 10.6. The van der Waals surface area contributed by atoms with E-state index >= 15 is 0 Å². The fourth-order valence-corrected chi connectivity index (χ4v) is 6.95. The van der Waals surface area contributed by atoms with E-state index in [0.717, 1.165) is 31.2 Å². The number of allylic oxidation sites excluding steroid dienone is 1. The van der Waals surface area contributed by atoms with Crippen LogP contribution in [0.25, 0.3) is 0 Å². The molecule has 0 spiro atoms. The molecular formula is C27H36ClNO4. The van der Waals surface area contributed by atoms with Gasteiger partial charge in [0.2, 0.25) is 0 Å². The lowest BCUT2D eigenvalue weighted by Crippen LogP contribution is -2.58. The van der Waals surface area contributed by atoms with Crippen molar-refractivity contribution in [1.29, 1.82) is 0 Å². The van der Waals surface area contributed by atoms with Crippen LogP contribution >= 0.6 is 11.6 Å². The van der Waals surface area contributed by atoms with E-state index < -0.39 is 11.5 Å². The number of carbonyl (C=O) groups excluding carboxylic acids is 1. The molecule has 0 radical (unpaired) electrons. The smallest absolute Gasteiger partial charge is 0.335 e. The highest BCUT2D eigenvalue weighted by Crippen LogP contribution is 2.61. The van der Waals surface area contributed by atoms with E-state index in [1.165, 1.54) is 5.57 Å². The fraction of sp³-hybridized carbons (Fsp3) is 0.593. The number of hydrogen-bond donors (Lipinski definition) is 3. The van der Waals surface area contributed by atoms with Crippen LogP contribution in [-0.2, 0) is 16.1 Å². The number of ether oxygens (including phenoxy) is 1. The first-order valence-electron chi connectivity index (χ1n) is 12.0. The average molecular weight is 474 g/mol. The molecule has 6 unspecified atom stereocenters. The number of carbonyl (C=O) groups is 1. The molecule has 1 aliphatic heterocycles. The Morgan fingerprint density at radius 1 is 1.33 bits per heavy atom. The number of esters is 1. The number of aliphatic hydroxyl groups excluding tert-OH is 2. The molecule has 180 valence electrons. The van der Waals surface area contributed by atoms with E-state index in [1.54, 1.807) is 0 Å². The lowest BCUT2D eigenvalue weighted by molar-refractivity contribution is -0.153. The van der Waals surface area contributed by atoms with Crippen molar-refractivity contribution in [3.05, 3.63) is 58.7 Å². The molecule has 33 heavy (non-hydrogen) atoms. The van der Waals surface area contributed by atoms with Crippen LogP contribution in [-0.4, -0.2) is 41.5 Å². The zero-order valence-electron chi connectivity index (χ0n) is 19.6. The van der Waals surface area contributed by atoms with E-state index in [-0.39, 0.29) is 35.9 Å². The zero-order valence-corrected chi connectivity index (χ0v) is 20.4. The largest absolute Gasteiger partial charge is 0.458 e. The van der Waals surface area contributed by atoms with Crippen molar-refractivity contribution in [2.75, 3.05) is 13.2 Å². The monoisotopic (exact) mass is 473 g/mol. The highest BCUT2D eigenvalue weighted by Gasteiger charge is 2.57. The average Bonchev–Trinajstić information content (AvgIpc) is 3.21. The second-order valence-corrected chi connectivity index (χ2v) is 11.0. The summed E-state index contributed by atoms with van der Waals surface area (Å²) in [5, 5.41) is 25.3. The van der Waals surface area contributed by atoms with Gasteiger partial charge in [0.25, 0.3) is 0 Å². The van der Waals surface area contributed by atoms with Crippen molar-refractivity contribution in [2.24, 2.45) is 22.7 Å². The molecule has 6 heteroatoms. The lowest BCUT2D eigenvalue weighted by Gasteiger charge is -2.60. The van der Waals surface area contributed by atoms with Gasteiger partial charge in [0.15, 0.2) is 0 Å². The third-order valence-corrected chi connectivity index (χ3v) is 8.97. The normalized spacial score (nSPS) is 35.1. The third-order valence-electron chi connectivity index (χ3n) is 8.74. The number of hydrogen-bond acceptors (Lipinski definition) is 5. The minimum atomic E-state index is -0.527. The number of rotatable bonds is 7. The van der Waals surface area contributed by atoms with E-state index in [1.807, 2.05) is 37.3 Å². The molecule has 1 heterocycles. The topological polar surface area (TPSA) is 78.8 Å². The molecular weight excluding hydrogens is 438 g/mol. The first-order valence-corrected chi connectivity index (χ1v) is 12.4. The molecule has 2 saturated carbocycles. The molecule has 2 fully saturated rings. The van der Waals surface area contributed by atoms with E-state index in [2.05, 4.69) is 18.8 Å². The first kappa shape index (κ1) is 24.5. The van der Waals surface area contributed by atoms with Crippen LogP contribution < -0.4 is 5.32 Å². The molecule has 1 aromatic rings. The van der Waals surface area contributed by atoms with Gasteiger partial charge >= 0.3 is 5.97 Å². The summed E-state index contributed by atoms with van der Waals surface area (Å²) in [7, 11) is 0. The summed E-state index contributed by atoms with van der Waals surface area (Å²) in [6, 6.07) is 7.54. The maximum atomic E-state index is 12.5. The van der Waals surface area contributed by atoms with Crippen LogP contribution in [0.1, 0.15) is 51.5 Å². The predicted molar refractivity (Wildman–Crippen MR) is 130 cm³/mol. The highest BCUT2D eigenvalue weighted by atomic mass is 35.5. The number of cyclic esters (lactones) is 1. The molecule has 6 atom stereocenters. The highest BCUT2D eigenvalue weighted by molar-refractivity contribution is 6.30. The SMILES string of the molecule is C=C1CCC2C(C)(CO)C(O)CCC2(C)C1CC(NCc1cccc(Cl)c1)C1=CCOC1=O. The standard InChI is InChI=1S/C27H36ClNO4/c1-17-7-8-23-26(2,11-9-24(31)27(23,3)16-30)21(17)14-22(20-10-12-33-25(20)32)29-15-18-5-4-6-19(28)13-18/h4-6,10,13,21-24,29-31H,1,7-9,11-12,14-16H2,2-3H3. The van der Waals surface area contributed by atoms with Crippen LogP contribution in [0.2, 0.25) is 5.02 Å². The summed E-state index contributed by atoms with van der Waals surface area (Å²) >= 11 is 6.17. The number of benzene rings is 1. The molecule has 0 amide bonds. The van der Waals surface area contributed by atoms with E-state index in [0.29, 0.717) is 30.2 Å². The van der Waals surface area contributed by atoms with Gasteiger partial charge in [-0.15, -0.1) is 0 Å². The molecule has 5 nitrogen and oxygen atoms in total. The van der Waals surface area contributed by atoms with Gasteiger partial charge < -0.3 is 20.3 Å². The first-order chi connectivity index (χ1) is 15.7. The molecule has 1 aromatic carbocycles. The summed E-state index contributed by atoms with van der Waals surface area (Å²) in [5.41, 5.74) is 2.30. The number of nitrogens with one attached hydrogen (secondary N) is 1. The summed E-state index contributed by atoms with van der Waals surface area (Å²) in [6.07, 6.45) is 5.44. The summed E-state index contributed by atoms with van der Waals surface area (Å²) < 4.78 is 5.25. The van der Waals surface area contributed by atoms with Crippen LogP contribution in [0.5, 0.6) is 0 Å². The molecule has 3 aliphatic rings. The Morgan fingerprint density at radius 3 is 2.79 bits per heavy atom. The van der Waals surface area contributed by atoms with Gasteiger partial charge in [-0.25, -0.2) is 4.79 Å². The van der Waals surface area contributed by atoms with Crippen molar-refractivity contribution in [3.8, 4) is 0 Å². The Hall–Kier alpha value is -1.66. The number of aliphatic hydroxyl groups is 2. The summed E-state index contributed by atoms with van der Waals surface area (Å²) in [6.45, 7) is 9.63. The molecule has 3 N–H and O–H groups in total. The van der Waals surface area contributed by atoms with Crippen molar-refractivity contribution in [2.45, 2.75) is 64.6 Å². The Kier molecular flexibility index (Phi) is 7.07. The van der Waals surface area contributed by atoms with E-state index in [9.17, 15) is 15.0 Å². The summed E-state index contributed by atoms with van der Waals surface area (Å²) in [4.78, 5) is 12.5. The number of fused-ring (bicyclic) bond motifs is 1. The second kappa shape index (κ2) is 9.53. The van der Waals surface area contributed by atoms with Crippen molar-refractivity contribution in [3.63, 3.8) is 0 Å². The van der Waals surface area contributed by atoms with Gasteiger partial charge in [0, 0.05) is 23.0 Å². The minimum absolute atomic E-state index is 0.0262. The van der Waals surface area contributed by atoms with Crippen molar-refractivity contribution in [1.82, 2.24) is 5.32 Å². The quantitative estimate of drug-likeness (QED) is 0.403. The van der Waals surface area contributed by atoms with Gasteiger partial charge in [-0.05, 0) is 73.1 Å². The van der Waals surface area contributed by atoms with Gasteiger partial charge in [-0.1, -0.05) is 49.7 Å². The molecule has 2 aliphatic carbocycles. The summed E-state index contributed by atoms with van der Waals surface area (Å²) in [5.74, 6) is 0.0918. The van der Waals surface area contributed by atoms with Gasteiger partial charge in [-0.2, -0.15) is 0 Å². The van der Waals surface area contributed by atoms with Crippen LogP contribution in [0.3, 0.4) is 0 Å². The Bertz CT molecular complexity index is 946. The Balaban J connectivity index is 1.61. The van der Waals surface area contributed by atoms with Crippen LogP contribution in [0.15, 0.2) is 48.1 Å². The van der Waals surface area contributed by atoms with Crippen LogP contribution in [0, 0.1) is 22.7 Å². The van der Waals surface area contributed by atoms with Gasteiger partial charge in [0.05, 0.1) is 18.3 Å². The maximum Gasteiger partial charge on any atom is 0.335 e. The Labute approximate surface area is 201 Å². The van der Waals surface area contributed by atoms with Crippen molar-refractivity contribution >= 4 is 17.6 Å². The van der Waals surface area contributed by atoms with Gasteiger partial charge in [-0.3, -0.25) is 0 Å². The van der Waals surface area contributed by atoms with Gasteiger partial charge in [0.1, 0.15) is 6.61 Å². The Morgan fingerprint density at radius 2 is 2.12 bits per heavy atom. The lowest BCUT2D eigenvalue weighted by atomic mass is 9.46. The molecule has 0 bridgehead atoms. The minimum Gasteiger partial charge on any atom is -0.458 e. The third kappa shape index (κ3) is 4.53. The number of halogens is 1. The van der Waals surface area contributed by atoms with Crippen molar-refractivity contribution < 1.29 is 19.7 Å². The van der Waals surface area contributed by atoms with E-state index in [4.69, 9.17) is 16.3 Å². The zero-order chi connectivity index (χ0) is 23.8. The molecule has 0 aromatic heterocycles.